The molecule has 1 aromatic rings. The van der Waals surface area contributed by atoms with Crippen LogP contribution < -0.4 is 14.2 Å². The minimum Gasteiger partial charge on any atom is -0.496 e. The first-order valence-electron chi connectivity index (χ1n) is 10.9. The average Bonchev–Trinajstić information content (AvgIpc) is 2.97. The molecule has 184 valence electrons. The molecule has 0 radical (unpaired) electrons. The summed E-state index contributed by atoms with van der Waals surface area (Å²) in [4.78, 5) is 42.6. The van der Waals surface area contributed by atoms with Gasteiger partial charge in [0, 0.05) is 39.7 Å². The van der Waals surface area contributed by atoms with Crippen LogP contribution in [0.1, 0.15) is 42.5 Å². The maximum Gasteiger partial charge on any atom is 0.327 e. The van der Waals surface area contributed by atoms with Gasteiger partial charge in [0.25, 0.3) is 5.91 Å². The smallest absolute Gasteiger partial charge is 0.327 e. The Bertz CT molecular complexity index is 885. The summed E-state index contributed by atoms with van der Waals surface area (Å²) in [5.41, 5.74) is -0.205. The molecule has 3 amide bonds. The van der Waals surface area contributed by atoms with E-state index in [9.17, 15) is 14.4 Å². The van der Waals surface area contributed by atoms with E-state index in [4.69, 9.17) is 14.2 Å². The number of likely N-dealkylation sites (N-methyl/N-ethyl adjacent to an activating group) is 2. The number of rotatable bonds is 9. The van der Waals surface area contributed by atoms with Crippen molar-refractivity contribution in [1.82, 2.24) is 14.7 Å². The minimum absolute atomic E-state index is 0. The Morgan fingerprint density at radius 3 is 2.03 bits per heavy atom. The zero-order valence-electron chi connectivity index (χ0n) is 20.0. The number of ether oxygens (including phenoxy) is 3. The third-order valence-corrected chi connectivity index (χ3v) is 6.74. The fraction of sp³-hybridized carbons (Fsp3) is 0.609. The molecule has 1 aromatic carbocycles. The van der Waals surface area contributed by atoms with Gasteiger partial charge in [-0.15, -0.1) is 12.4 Å². The Labute approximate surface area is 201 Å². The first kappa shape index (κ1) is 26.7. The number of nitrogens with zero attached hydrogens (tertiary/aromatic N) is 3. The summed E-state index contributed by atoms with van der Waals surface area (Å²) in [7, 11) is 7.86. The van der Waals surface area contributed by atoms with Crippen LogP contribution >= 0.6 is 12.4 Å². The Morgan fingerprint density at radius 1 is 0.939 bits per heavy atom. The topological polar surface area (TPSA) is 88.6 Å². The minimum atomic E-state index is -0.692. The summed E-state index contributed by atoms with van der Waals surface area (Å²) < 4.78 is 15.9. The molecule has 2 saturated heterocycles. The SMILES string of the molecule is COc1cc(OC)c(C(=O)CCCCN2CCC3(CC2)C(=O)N(C)C(=O)N3C)cc1OC.Cl. The predicted molar refractivity (Wildman–Crippen MR) is 126 cm³/mol. The summed E-state index contributed by atoms with van der Waals surface area (Å²) in [6, 6.07) is 3.10. The van der Waals surface area contributed by atoms with Gasteiger partial charge in [-0.2, -0.15) is 0 Å². The van der Waals surface area contributed by atoms with E-state index in [1.54, 1.807) is 31.1 Å². The molecule has 33 heavy (non-hydrogen) atoms. The summed E-state index contributed by atoms with van der Waals surface area (Å²) in [5, 5.41) is 0. The van der Waals surface area contributed by atoms with Crippen LogP contribution in [0.15, 0.2) is 12.1 Å². The molecule has 0 bridgehead atoms. The number of amides is 3. The molecule has 1 spiro atoms. The van der Waals surface area contributed by atoms with Crippen molar-refractivity contribution >= 4 is 30.1 Å². The van der Waals surface area contributed by atoms with Gasteiger partial charge in [-0.05, 0) is 38.3 Å². The molecule has 2 heterocycles. The van der Waals surface area contributed by atoms with Gasteiger partial charge in [-0.25, -0.2) is 4.79 Å². The number of likely N-dealkylation sites (tertiary alicyclic amines) is 1. The van der Waals surface area contributed by atoms with Crippen molar-refractivity contribution in [3.8, 4) is 17.2 Å². The van der Waals surface area contributed by atoms with Crippen molar-refractivity contribution in [2.75, 3.05) is 55.1 Å². The number of carbonyl (C=O) groups excluding carboxylic acids is 3. The Balaban J connectivity index is 0.00000385. The van der Waals surface area contributed by atoms with Crippen molar-refractivity contribution in [1.29, 1.82) is 0 Å². The lowest BCUT2D eigenvalue weighted by atomic mass is 9.86. The molecule has 9 nitrogen and oxygen atoms in total. The molecule has 0 saturated carbocycles. The van der Waals surface area contributed by atoms with E-state index >= 15 is 0 Å². The number of Topliss-reactive ketones (excluding diaryl/α,β-unsaturated/α-hetero) is 1. The quantitative estimate of drug-likeness (QED) is 0.303. The lowest BCUT2D eigenvalue weighted by Gasteiger charge is -2.40. The number of ketones is 1. The van der Waals surface area contributed by atoms with Crippen molar-refractivity contribution < 1.29 is 28.6 Å². The van der Waals surface area contributed by atoms with Gasteiger partial charge in [0.05, 0.1) is 26.9 Å². The van der Waals surface area contributed by atoms with E-state index < -0.39 is 5.54 Å². The van der Waals surface area contributed by atoms with Crippen LogP contribution in [0.4, 0.5) is 4.79 Å². The molecule has 0 aromatic heterocycles. The number of carbonyl (C=O) groups is 3. The highest BCUT2D eigenvalue weighted by Crippen LogP contribution is 2.36. The largest absolute Gasteiger partial charge is 0.496 e. The van der Waals surface area contributed by atoms with Gasteiger partial charge < -0.3 is 24.0 Å². The highest BCUT2D eigenvalue weighted by atomic mass is 35.5. The number of hydrogen-bond donors (Lipinski definition) is 0. The number of unbranched alkanes of at least 4 members (excludes halogenated alkanes) is 1. The molecule has 0 atom stereocenters. The molecule has 0 unspecified atom stereocenters. The number of halogens is 1. The molecule has 2 fully saturated rings. The summed E-state index contributed by atoms with van der Waals surface area (Å²) in [6.45, 7) is 2.37. The monoisotopic (exact) mass is 483 g/mol. The number of methoxy groups -OCH3 is 3. The zero-order chi connectivity index (χ0) is 23.5. The maximum absolute atomic E-state index is 12.8. The van der Waals surface area contributed by atoms with Gasteiger partial charge in [0.15, 0.2) is 17.3 Å². The van der Waals surface area contributed by atoms with E-state index in [0.29, 0.717) is 42.1 Å². The molecule has 2 aliphatic rings. The average molecular weight is 484 g/mol. The molecule has 0 aliphatic carbocycles. The second-order valence-corrected chi connectivity index (χ2v) is 8.37. The molecule has 2 aliphatic heterocycles. The second-order valence-electron chi connectivity index (χ2n) is 8.37. The van der Waals surface area contributed by atoms with E-state index in [1.807, 2.05) is 0 Å². The van der Waals surface area contributed by atoms with E-state index in [0.717, 1.165) is 32.5 Å². The van der Waals surface area contributed by atoms with Gasteiger partial charge in [-0.1, -0.05) is 0 Å². The molecule has 10 heteroatoms. The third-order valence-electron chi connectivity index (χ3n) is 6.74. The van der Waals surface area contributed by atoms with Crippen molar-refractivity contribution in [3.05, 3.63) is 17.7 Å². The van der Waals surface area contributed by atoms with E-state index in [2.05, 4.69) is 4.90 Å². The number of imide groups is 1. The number of hydrogen-bond acceptors (Lipinski definition) is 7. The standard InChI is InChI=1S/C23H33N3O6.ClH/c1-24-21(28)23(25(2)22(24)29)9-12-26(13-10-23)11-7-6-8-17(27)16-14-19(31-4)20(32-5)15-18(16)30-3;/h14-15H,6-13H2,1-5H3;1H. The fourth-order valence-electron chi connectivity index (χ4n) is 4.65. The highest BCUT2D eigenvalue weighted by Gasteiger charge is 2.55. The van der Waals surface area contributed by atoms with E-state index in [1.165, 1.54) is 26.2 Å². The van der Waals surface area contributed by atoms with Crippen LogP contribution in [0, 0.1) is 0 Å². The Hall–Kier alpha value is -2.52. The lowest BCUT2D eigenvalue weighted by Crippen LogP contribution is -2.55. The van der Waals surface area contributed by atoms with Crippen LogP contribution in [0.25, 0.3) is 0 Å². The molecular formula is C23H34ClN3O6. The van der Waals surface area contributed by atoms with Gasteiger partial charge >= 0.3 is 6.03 Å². The maximum atomic E-state index is 12.8. The third kappa shape index (κ3) is 5.04. The number of piperidine rings is 1. The van der Waals surface area contributed by atoms with Crippen LogP contribution in [0.5, 0.6) is 17.2 Å². The van der Waals surface area contributed by atoms with Crippen LogP contribution in [-0.2, 0) is 4.79 Å². The molecular weight excluding hydrogens is 450 g/mol. The van der Waals surface area contributed by atoms with Crippen LogP contribution in [-0.4, -0.2) is 93.0 Å². The molecule has 3 rings (SSSR count). The van der Waals surface area contributed by atoms with Gasteiger partial charge in [0.2, 0.25) is 0 Å². The van der Waals surface area contributed by atoms with Gasteiger partial charge in [-0.3, -0.25) is 14.5 Å². The van der Waals surface area contributed by atoms with Crippen molar-refractivity contribution in [2.45, 2.75) is 37.6 Å². The van der Waals surface area contributed by atoms with E-state index in [-0.39, 0.29) is 30.1 Å². The van der Waals surface area contributed by atoms with Gasteiger partial charge in [0.1, 0.15) is 11.3 Å². The number of benzene rings is 1. The fourth-order valence-corrected chi connectivity index (χ4v) is 4.65. The predicted octanol–water partition coefficient (Wildman–Crippen LogP) is 2.85. The summed E-state index contributed by atoms with van der Waals surface area (Å²) in [5.74, 6) is 1.38. The van der Waals surface area contributed by atoms with Crippen molar-refractivity contribution in [2.24, 2.45) is 0 Å². The Morgan fingerprint density at radius 2 is 1.52 bits per heavy atom. The summed E-state index contributed by atoms with van der Waals surface area (Å²) >= 11 is 0. The van der Waals surface area contributed by atoms with Crippen molar-refractivity contribution in [3.63, 3.8) is 0 Å². The van der Waals surface area contributed by atoms with Crippen LogP contribution in [0.3, 0.4) is 0 Å². The zero-order valence-corrected chi connectivity index (χ0v) is 20.8. The van der Waals surface area contributed by atoms with Crippen LogP contribution in [0.2, 0.25) is 0 Å². The lowest BCUT2D eigenvalue weighted by molar-refractivity contribution is -0.134. The highest BCUT2D eigenvalue weighted by molar-refractivity contribution is 6.06. The first-order valence-corrected chi connectivity index (χ1v) is 10.9. The molecule has 0 N–H and O–H groups in total. The second kappa shape index (κ2) is 11.1. The Kier molecular flexibility index (Phi) is 8.97. The number of urea groups is 1. The normalized spacial score (nSPS) is 17.8. The summed E-state index contributed by atoms with van der Waals surface area (Å²) in [6.07, 6.45) is 3.31. The first-order chi connectivity index (χ1) is 15.3.